The van der Waals surface area contributed by atoms with Crippen molar-refractivity contribution in [2.24, 2.45) is 0 Å². The van der Waals surface area contributed by atoms with Crippen LogP contribution < -0.4 is 10.3 Å². The van der Waals surface area contributed by atoms with E-state index in [-0.39, 0.29) is 11.1 Å². The highest BCUT2D eigenvalue weighted by molar-refractivity contribution is 5.89. The van der Waals surface area contributed by atoms with Crippen molar-refractivity contribution < 1.29 is 14.3 Å². The van der Waals surface area contributed by atoms with Gasteiger partial charge in [-0.15, -0.1) is 0 Å². The summed E-state index contributed by atoms with van der Waals surface area (Å²) in [6.45, 7) is 3.68. The lowest BCUT2D eigenvalue weighted by atomic mass is 10.1. The van der Waals surface area contributed by atoms with E-state index in [0.717, 1.165) is 5.56 Å². The molecule has 0 aliphatic carbocycles. The predicted molar refractivity (Wildman–Crippen MR) is 83.3 cm³/mol. The Hall–Kier alpha value is -2.56. The number of aryl methyl sites for hydroxylation is 1. The van der Waals surface area contributed by atoms with E-state index in [1.165, 1.54) is 6.07 Å². The number of esters is 1. The van der Waals surface area contributed by atoms with Crippen LogP contribution in [-0.2, 0) is 11.2 Å². The number of aromatic amines is 1. The molecule has 5 nitrogen and oxygen atoms in total. The molecule has 116 valence electrons. The van der Waals surface area contributed by atoms with Crippen molar-refractivity contribution in [2.75, 3.05) is 7.11 Å². The number of hydrogen-bond acceptors (Lipinski definition) is 4. The Morgan fingerprint density at radius 3 is 2.73 bits per heavy atom. The van der Waals surface area contributed by atoms with E-state index in [4.69, 9.17) is 9.47 Å². The largest absolute Gasteiger partial charge is 0.497 e. The fourth-order valence-electron chi connectivity index (χ4n) is 2.10. The molecule has 1 heterocycles. The molecule has 1 aromatic carbocycles. The van der Waals surface area contributed by atoms with Crippen LogP contribution >= 0.6 is 0 Å². The van der Waals surface area contributed by atoms with E-state index in [2.05, 4.69) is 4.98 Å². The number of hydrogen-bond donors (Lipinski definition) is 1. The molecule has 1 aromatic heterocycles. The van der Waals surface area contributed by atoms with E-state index in [9.17, 15) is 9.59 Å². The summed E-state index contributed by atoms with van der Waals surface area (Å²) in [4.78, 5) is 26.4. The molecule has 0 spiro atoms. The molecule has 0 bridgehead atoms. The van der Waals surface area contributed by atoms with Crippen LogP contribution in [0.25, 0.3) is 0 Å². The van der Waals surface area contributed by atoms with E-state index in [1.54, 1.807) is 20.1 Å². The molecule has 1 atom stereocenters. The van der Waals surface area contributed by atoms with Gasteiger partial charge in [-0.05, 0) is 37.1 Å². The van der Waals surface area contributed by atoms with Crippen LogP contribution in [0.1, 0.15) is 41.6 Å². The first kappa shape index (κ1) is 15.8. The van der Waals surface area contributed by atoms with Crippen molar-refractivity contribution >= 4 is 5.97 Å². The summed E-state index contributed by atoms with van der Waals surface area (Å²) in [5, 5.41) is 0. The summed E-state index contributed by atoms with van der Waals surface area (Å²) in [5.74, 6) is 0.181. The van der Waals surface area contributed by atoms with Crippen LogP contribution in [0.15, 0.2) is 41.2 Å². The molecule has 0 unspecified atom stereocenters. The zero-order valence-electron chi connectivity index (χ0n) is 12.9. The minimum Gasteiger partial charge on any atom is -0.497 e. The number of carbonyl (C=O) groups excluding carboxylic acids is 1. The van der Waals surface area contributed by atoms with Crippen LogP contribution in [-0.4, -0.2) is 18.1 Å². The second-order valence-electron chi connectivity index (χ2n) is 4.94. The predicted octanol–water partition coefficient (Wildman–Crippen LogP) is 2.86. The van der Waals surface area contributed by atoms with Gasteiger partial charge in [-0.25, -0.2) is 4.79 Å². The van der Waals surface area contributed by atoms with Gasteiger partial charge < -0.3 is 14.5 Å². The van der Waals surface area contributed by atoms with Gasteiger partial charge in [-0.2, -0.15) is 0 Å². The monoisotopic (exact) mass is 301 g/mol. The summed E-state index contributed by atoms with van der Waals surface area (Å²) < 4.78 is 10.6. The third kappa shape index (κ3) is 3.75. The van der Waals surface area contributed by atoms with Gasteiger partial charge in [-0.3, -0.25) is 4.79 Å². The van der Waals surface area contributed by atoms with Crippen molar-refractivity contribution in [1.82, 2.24) is 4.98 Å². The molecule has 22 heavy (non-hydrogen) atoms. The topological polar surface area (TPSA) is 68.4 Å². The third-order valence-corrected chi connectivity index (χ3v) is 3.36. The molecule has 5 heteroatoms. The maximum absolute atomic E-state index is 12.2. The van der Waals surface area contributed by atoms with Gasteiger partial charge in [0.1, 0.15) is 11.9 Å². The number of rotatable bonds is 5. The second-order valence-corrected chi connectivity index (χ2v) is 4.94. The van der Waals surface area contributed by atoms with Gasteiger partial charge in [-0.1, -0.05) is 19.1 Å². The van der Waals surface area contributed by atoms with E-state index < -0.39 is 12.1 Å². The number of nitrogens with one attached hydrogen (secondary N) is 1. The first-order chi connectivity index (χ1) is 10.5. The highest BCUT2D eigenvalue weighted by Gasteiger charge is 2.15. The molecule has 0 aliphatic heterocycles. The smallest absolute Gasteiger partial charge is 0.338 e. The molecular formula is C17H19NO4. The number of aromatic nitrogens is 1. The molecule has 0 saturated carbocycles. The summed E-state index contributed by atoms with van der Waals surface area (Å²) in [7, 11) is 1.58. The molecule has 0 fully saturated rings. The summed E-state index contributed by atoms with van der Waals surface area (Å²) >= 11 is 0. The Balaban J connectivity index is 2.17. The van der Waals surface area contributed by atoms with Crippen LogP contribution in [0, 0.1) is 0 Å². The average molecular weight is 301 g/mol. The van der Waals surface area contributed by atoms with Crippen LogP contribution in [0.3, 0.4) is 0 Å². The number of methoxy groups -OCH3 is 1. The van der Waals surface area contributed by atoms with Gasteiger partial charge in [0.15, 0.2) is 0 Å². The highest BCUT2D eigenvalue weighted by Crippen LogP contribution is 2.22. The quantitative estimate of drug-likeness (QED) is 0.862. The Morgan fingerprint density at radius 2 is 2.05 bits per heavy atom. The van der Waals surface area contributed by atoms with Crippen molar-refractivity contribution in [3.8, 4) is 5.75 Å². The first-order valence-electron chi connectivity index (χ1n) is 7.11. The van der Waals surface area contributed by atoms with Crippen LogP contribution in [0.5, 0.6) is 5.75 Å². The molecule has 2 aromatic rings. The SMILES string of the molecule is CCc1cc(C(=O)O[C@H](C)c2cccc(OC)c2)cc(=O)[nH]1. The van der Waals surface area contributed by atoms with Crippen molar-refractivity contribution in [1.29, 1.82) is 0 Å². The molecule has 0 saturated heterocycles. The molecule has 2 rings (SSSR count). The Labute approximate surface area is 128 Å². The standard InChI is InChI=1S/C17H19NO4/c1-4-14-8-13(10-16(19)18-14)17(20)22-11(2)12-6-5-7-15(9-12)21-3/h5-11H,4H2,1-3H3,(H,18,19)/t11-/m1/s1. The van der Waals surface area contributed by atoms with Crippen molar-refractivity contribution in [3.05, 3.63) is 63.6 Å². The summed E-state index contributed by atoms with van der Waals surface area (Å²) in [6, 6.07) is 10.2. The van der Waals surface area contributed by atoms with Gasteiger partial charge in [0.25, 0.3) is 0 Å². The number of carbonyl (C=O) groups is 1. The van der Waals surface area contributed by atoms with Crippen LogP contribution in [0.4, 0.5) is 0 Å². The highest BCUT2D eigenvalue weighted by atomic mass is 16.5. The molecule has 0 amide bonds. The zero-order chi connectivity index (χ0) is 16.1. The summed E-state index contributed by atoms with van der Waals surface area (Å²) in [5.41, 5.74) is 1.48. The van der Waals surface area contributed by atoms with Gasteiger partial charge >= 0.3 is 5.97 Å². The Kier molecular flexibility index (Phi) is 4.99. The average Bonchev–Trinajstić information content (AvgIpc) is 2.54. The van der Waals surface area contributed by atoms with Crippen molar-refractivity contribution in [3.63, 3.8) is 0 Å². The Morgan fingerprint density at radius 1 is 1.27 bits per heavy atom. The maximum Gasteiger partial charge on any atom is 0.338 e. The second kappa shape index (κ2) is 6.93. The lowest BCUT2D eigenvalue weighted by molar-refractivity contribution is 0.0337. The third-order valence-electron chi connectivity index (χ3n) is 3.36. The van der Waals surface area contributed by atoms with E-state index >= 15 is 0 Å². The number of benzene rings is 1. The lowest BCUT2D eigenvalue weighted by Gasteiger charge is -2.14. The van der Waals surface area contributed by atoms with E-state index in [1.807, 2.05) is 31.2 Å². The molecule has 1 N–H and O–H groups in total. The number of ether oxygens (including phenoxy) is 2. The van der Waals surface area contributed by atoms with Crippen LogP contribution in [0.2, 0.25) is 0 Å². The molecular weight excluding hydrogens is 282 g/mol. The minimum atomic E-state index is -0.517. The maximum atomic E-state index is 12.2. The lowest BCUT2D eigenvalue weighted by Crippen LogP contribution is -2.15. The number of pyridine rings is 1. The van der Waals surface area contributed by atoms with E-state index in [0.29, 0.717) is 17.9 Å². The van der Waals surface area contributed by atoms with Gasteiger partial charge in [0.2, 0.25) is 5.56 Å². The van der Waals surface area contributed by atoms with Crippen molar-refractivity contribution in [2.45, 2.75) is 26.4 Å². The fourth-order valence-corrected chi connectivity index (χ4v) is 2.10. The summed E-state index contributed by atoms with van der Waals surface area (Å²) in [6.07, 6.45) is 0.203. The Bertz CT molecular complexity index is 721. The molecule has 0 aliphatic rings. The zero-order valence-corrected chi connectivity index (χ0v) is 12.9. The van der Waals surface area contributed by atoms with Gasteiger partial charge in [0, 0.05) is 11.8 Å². The fraction of sp³-hybridized carbons (Fsp3) is 0.294. The minimum absolute atomic E-state index is 0.260. The number of H-pyrrole nitrogens is 1. The molecule has 0 radical (unpaired) electrons. The van der Waals surface area contributed by atoms with Gasteiger partial charge in [0.05, 0.1) is 12.7 Å². The normalized spacial score (nSPS) is 11.8. The first-order valence-corrected chi connectivity index (χ1v) is 7.11.